The van der Waals surface area contributed by atoms with E-state index in [2.05, 4.69) is 35.3 Å². The van der Waals surface area contributed by atoms with Gasteiger partial charge in [-0.15, -0.1) is 0 Å². The molecule has 1 nitrogen and oxygen atoms in total. The van der Waals surface area contributed by atoms with E-state index in [9.17, 15) is 0 Å². The largest absolute Gasteiger partial charge is 0.358 e. The molecule has 1 N–H and O–H groups in total. The molecule has 1 heterocycles. The fourth-order valence-electron chi connectivity index (χ4n) is 3.28. The van der Waals surface area contributed by atoms with Crippen molar-refractivity contribution in [3.8, 4) is 0 Å². The van der Waals surface area contributed by atoms with E-state index < -0.39 is 0 Å². The summed E-state index contributed by atoms with van der Waals surface area (Å²) in [6, 6.07) is 10.9. The van der Waals surface area contributed by atoms with Gasteiger partial charge in [-0.3, -0.25) is 0 Å². The molecule has 76 valence electrons. The first-order chi connectivity index (χ1) is 7.40. The Morgan fingerprint density at radius 3 is 2.60 bits per heavy atom. The quantitative estimate of drug-likeness (QED) is 0.717. The lowest BCUT2D eigenvalue weighted by Crippen LogP contribution is -1.95. The molecule has 2 aliphatic carbocycles. The molecule has 2 unspecified atom stereocenters. The molecule has 2 aliphatic rings. The van der Waals surface area contributed by atoms with Gasteiger partial charge < -0.3 is 4.98 Å². The summed E-state index contributed by atoms with van der Waals surface area (Å²) in [6.45, 7) is 0. The van der Waals surface area contributed by atoms with E-state index in [1.807, 2.05) is 0 Å². The van der Waals surface area contributed by atoms with Gasteiger partial charge in [0.25, 0.3) is 0 Å². The zero-order valence-corrected chi connectivity index (χ0v) is 8.74. The Morgan fingerprint density at radius 1 is 1.00 bits per heavy atom. The summed E-state index contributed by atoms with van der Waals surface area (Å²) in [7, 11) is 0. The predicted molar refractivity (Wildman–Crippen MR) is 61.9 cm³/mol. The minimum atomic E-state index is 0.821. The van der Waals surface area contributed by atoms with Crippen molar-refractivity contribution in [1.29, 1.82) is 0 Å². The Balaban J connectivity index is 1.75. The molecule has 15 heavy (non-hydrogen) atoms. The van der Waals surface area contributed by atoms with Crippen LogP contribution in [0.2, 0.25) is 0 Å². The summed E-state index contributed by atoms with van der Waals surface area (Å²) in [6.07, 6.45) is 4.37. The van der Waals surface area contributed by atoms with Crippen LogP contribution in [0.25, 0.3) is 10.9 Å². The summed E-state index contributed by atoms with van der Waals surface area (Å²) in [5, 5.41) is 1.37. The van der Waals surface area contributed by atoms with Crippen LogP contribution in [0.5, 0.6) is 0 Å². The van der Waals surface area contributed by atoms with Gasteiger partial charge in [0.05, 0.1) is 0 Å². The van der Waals surface area contributed by atoms with E-state index in [1.54, 1.807) is 0 Å². The van der Waals surface area contributed by atoms with Gasteiger partial charge in [0.1, 0.15) is 0 Å². The van der Waals surface area contributed by atoms with E-state index in [0.717, 1.165) is 17.8 Å². The van der Waals surface area contributed by atoms with Crippen molar-refractivity contribution in [1.82, 2.24) is 4.98 Å². The lowest BCUT2D eigenvalue weighted by atomic mass is 10.00. The summed E-state index contributed by atoms with van der Waals surface area (Å²) in [4.78, 5) is 3.58. The molecule has 0 saturated heterocycles. The maximum Gasteiger partial charge on any atom is 0.0456 e. The van der Waals surface area contributed by atoms with Crippen molar-refractivity contribution < 1.29 is 0 Å². The highest BCUT2D eigenvalue weighted by Gasteiger charge is 2.46. The maximum absolute atomic E-state index is 3.58. The molecular weight excluding hydrogens is 182 g/mol. The van der Waals surface area contributed by atoms with Gasteiger partial charge in [0, 0.05) is 11.2 Å². The molecular formula is C14H15N. The number of para-hydroxylation sites is 1. The van der Waals surface area contributed by atoms with Crippen LogP contribution < -0.4 is 0 Å². The highest BCUT2D eigenvalue weighted by molar-refractivity contribution is 5.80. The summed E-state index contributed by atoms with van der Waals surface area (Å²) < 4.78 is 0. The molecule has 1 heteroatoms. The van der Waals surface area contributed by atoms with Gasteiger partial charge in [-0.05, 0) is 54.5 Å². The fourth-order valence-corrected chi connectivity index (χ4v) is 3.28. The van der Waals surface area contributed by atoms with Gasteiger partial charge in [0.15, 0.2) is 0 Å². The van der Waals surface area contributed by atoms with Gasteiger partial charge in [-0.1, -0.05) is 18.2 Å². The monoisotopic (exact) mass is 197 g/mol. The van der Waals surface area contributed by atoms with E-state index in [4.69, 9.17) is 0 Å². The van der Waals surface area contributed by atoms with Crippen LogP contribution in [-0.4, -0.2) is 4.98 Å². The topological polar surface area (TPSA) is 15.8 Å². The van der Waals surface area contributed by atoms with Gasteiger partial charge in [-0.25, -0.2) is 0 Å². The standard InChI is InChI=1S/C14H15N/c1-2-4-13-9(3-1)8-14(15-13)12-6-10-5-11(10)7-12/h1-4,8,10-12,15H,5-7H2. The lowest BCUT2D eigenvalue weighted by molar-refractivity contribution is 0.613. The second kappa shape index (κ2) is 2.66. The Kier molecular flexibility index (Phi) is 1.41. The Morgan fingerprint density at radius 2 is 1.80 bits per heavy atom. The van der Waals surface area contributed by atoms with Crippen LogP contribution >= 0.6 is 0 Å². The molecule has 2 fully saturated rings. The third-order valence-corrected chi connectivity index (χ3v) is 4.23. The molecule has 0 amide bonds. The zero-order valence-electron chi connectivity index (χ0n) is 8.74. The first-order valence-electron chi connectivity index (χ1n) is 5.98. The number of nitrogens with one attached hydrogen (secondary N) is 1. The third-order valence-electron chi connectivity index (χ3n) is 4.23. The number of aromatic nitrogens is 1. The van der Waals surface area contributed by atoms with Crippen LogP contribution in [0, 0.1) is 11.8 Å². The second-order valence-corrected chi connectivity index (χ2v) is 5.24. The van der Waals surface area contributed by atoms with Crippen molar-refractivity contribution in [2.24, 2.45) is 11.8 Å². The molecule has 2 saturated carbocycles. The van der Waals surface area contributed by atoms with Crippen LogP contribution in [0.3, 0.4) is 0 Å². The van der Waals surface area contributed by atoms with Crippen LogP contribution in [0.4, 0.5) is 0 Å². The zero-order chi connectivity index (χ0) is 9.83. The third kappa shape index (κ3) is 1.16. The molecule has 1 aromatic carbocycles. The highest BCUT2D eigenvalue weighted by atomic mass is 14.7. The summed E-state index contributed by atoms with van der Waals surface area (Å²) >= 11 is 0. The van der Waals surface area contributed by atoms with Crippen LogP contribution in [0.15, 0.2) is 30.3 Å². The number of hydrogen-bond acceptors (Lipinski definition) is 0. The highest BCUT2D eigenvalue weighted by Crippen LogP contribution is 2.57. The lowest BCUT2D eigenvalue weighted by Gasteiger charge is -2.08. The van der Waals surface area contributed by atoms with E-state index in [-0.39, 0.29) is 0 Å². The molecule has 4 rings (SSSR count). The van der Waals surface area contributed by atoms with Crippen LogP contribution in [-0.2, 0) is 0 Å². The number of hydrogen-bond donors (Lipinski definition) is 1. The first-order valence-corrected chi connectivity index (χ1v) is 5.98. The van der Waals surface area contributed by atoms with Gasteiger partial charge in [-0.2, -0.15) is 0 Å². The van der Waals surface area contributed by atoms with Crippen molar-refractivity contribution >= 4 is 10.9 Å². The Bertz CT molecular complexity index is 468. The molecule has 0 spiro atoms. The number of rotatable bonds is 1. The SMILES string of the molecule is c1ccc2[nH]c(C3CC4CC4C3)cc2c1. The average Bonchev–Trinajstić information content (AvgIpc) is 2.76. The van der Waals surface area contributed by atoms with E-state index >= 15 is 0 Å². The Labute approximate surface area is 89.5 Å². The molecule has 2 atom stereocenters. The molecule has 2 aromatic rings. The molecule has 1 aromatic heterocycles. The fraction of sp³-hybridized carbons (Fsp3) is 0.429. The van der Waals surface area contributed by atoms with Crippen molar-refractivity contribution in [2.75, 3.05) is 0 Å². The van der Waals surface area contributed by atoms with Crippen LogP contribution in [0.1, 0.15) is 30.9 Å². The maximum atomic E-state index is 3.58. The molecule has 0 aliphatic heterocycles. The number of fused-ring (bicyclic) bond motifs is 2. The minimum absolute atomic E-state index is 0.821. The second-order valence-electron chi connectivity index (χ2n) is 5.24. The Hall–Kier alpha value is -1.24. The molecule has 0 bridgehead atoms. The number of aromatic amines is 1. The molecule has 0 radical (unpaired) electrons. The summed E-state index contributed by atoms with van der Waals surface area (Å²) in [5.74, 6) is 2.96. The van der Waals surface area contributed by atoms with E-state index in [1.165, 1.54) is 35.9 Å². The normalized spacial score (nSPS) is 33.2. The van der Waals surface area contributed by atoms with E-state index in [0.29, 0.717) is 0 Å². The van der Waals surface area contributed by atoms with Gasteiger partial charge >= 0.3 is 0 Å². The van der Waals surface area contributed by atoms with Crippen molar-refractivity contribution in [3.05, 3.63) is 36.0 Å². The first kappa shape index (κ1) is 7.98. The average molecular weight is 197 g/mol. The van der Waals surface area contributed by atoms with Crippen molar-refractivity contribution in [2.45, 2.75) is 25.2 Å². The predicted octanol–water partition coefficient (Wildman–Crippen LogP) is 3.68. The number of benzene rings is 1. The van der Waals surface area contributed by atoms with Gasteiger partial charge in [0.2, 0.25) is 0 Å². The summed E-state index contributed by atoms with van der Waals surface area (Å²) in [5.41, 5.74) is 2.77. The smallest absolute Gasteiger partial charge is 0.0456 e. The number of H-pyrrole nitrogens is 1. The van der Waals surface area contributed by atoms with Crippen molar-refractivity contribution in [3.63, 3.8) is 0 Å². The minimum Gasteiger partial charge on any atom is -0.358 e.